The quantitative estimate of drug-likeness (QED) is 0.571. The first-order valence-corrected chi connectivity index (χ1v) is 6.43. The highest BCUT2D eigenvalue weighted by Crippen LogP contribution is 2.35. The molecule has 0 radical (unpaired) electrons. The summed E-state index contributed by atoms with van der Waals surface area (Å²) >= 11 is 0. The highest BCUT2D eigenvalue weighted by molar-refractivity contribution is 5.69. The van der Waals surface area contributed by atoms with E-state index in [2.05, 4.69) is 19.1 Å². The second kappa shape index (κ2) is 5.35. The van der Waals surface area contributed by atoms with E-state index in [4.69, 9.17) is 4.74 Å². The molecule has 0 bridgehead atoms. The third kappa shape index (κ3) is 3.32. The van der Waals surface area contributed by atoms with Crippen molar-refractivity contribution < 1.29 is 9.53 Å². The molecule has 1 fully saturated rings. The lowest BCUT2D eigenvalue weighted by Gasteiger charge is -2.26. The Morgan fingerprint density at radius 3 is 2.24 bits per heavy atom. The molecule has 0 saturated heterocycles. The Balaban J connectivity index is 2.00. The molecular weight excluding hydrogens is 212 g/mol. The van der Waals surface area contributed by atoms with Crippen LogP contribution in [-0.4, -0.2) is 5.97 Å². The summed E-state index contributed by atoms with van der Waals surface area (Å²) in [6.45, 7) is 3.76. The van der Waals surface area contributed by atoms with Gasteiger partial charge in [-0.05, 0) is 42.4 Å². The zero-order valence-electron chi connectivity index (χ0n) is 10.6. The predicted octanol–water partition coefficient (Wildman–Crippen LogP) is 3.91. The van der Waals surface area contributed by atoms with E-state index >= 15 is 0 Å². The van der Waals surface area contributed by atoms with Crippen LogP contribution < -0.4 is 4.74 Å². The van der Waals surface area contributed by atoms with Gasteiger partial charge in [0.1, 0.15) is 5.75 Å². The number of hydrogen-bond donors (Lipinski definition) is 0. The maximum atomic E-state index is 10.8. The topological polar surface area (TPSA) is 26.3 Å². The van der Waals surface area contributed by atoms with Crippen molar-refractivity contribution in [3.05, 3.63) is 29.8 Å². The molecule has 2 heteroatoms. The Kier molecular flexibility index (Phi) is 3.82. The van der Waals surface area contributed by atoms with E-state index in [1.165, 1.54) is 38.2 Å². The number of ether oxygens (including phenoxy) is 1. The molecule has 0 aromatic heterocycles. The van der Waals surface area contributed by atoms with E-state index in [0.29, 0.717) is 11.7 Å². The summed E-state index contributed by atoms with van der Waals surface area (Å²) in [7, 11) is 0. The molecule has 2 nitrogen and oxygen atoms in total. The first kappa shape index (κ1) is 12.2. The molecule has 1 aliphatic rings. The van der Waals surface area contributed by atoms with Crippen LogP contribution in [0.1, 0.15) is 51.0 Å². The number of carbonyl (C=O) groups excluding carboxylic acids is 1. The summed E-state index contributed by atoms with van der Waals surface area (Å²) in [4.78, 5) is 10.8. The number of carbonyl (C=O) groups is 1. The molecule has 0 N–H and O–H groups in total. The van der Waals surface area contributed by atoms with Gasteiger partial charge in [-0.15, -0.1) is 0 Å². The minimum Gasteiger partial charge on any atom is -0.427 e. The number of esters is 1. The minimum atomic E-state index is -0.260. The van der Waals surface area contributed by atoms with Crippen molar-refractivity contribution in [2.75, 3.05) is 0 Å². The fraction of sp³-hybridized carbons (Fsp3) is 0.533. The summed E-state index contributed by atoms with van der Waals surface area (Å²) in [5.74, 6) is 1.96. The van der Waals surface area contributed by atoms with E-state index in [-0.39, 0.29) is 5.97 Å². The van der Waals surface area contributed by atoms with Gasteiger partial charge in [-0.25, -0.2) is 0 Å². The molecule has 1 saturated carbocycles. The van der Waals surface area contributed by atoms with Crippen molar-refractivity contribution >= 4 is 5.97 Å². The first-order chi connectivity index (χ1) is 8.15. The third-order valence-corrected chi connectivity index (χ3v) is 3.63. The molecular formula is C15H20O2. The fourth-order valence-electron chi connectivity index (χ4n) is 2.57. The van der Waals surface area contributed by atoms with Gasteiger partial charge in [0, 0.05) is 6.92 Å². The van der Waals surface area contributed by atoms with E-state index in [9.17, 15) is 4.79 Å². The van der Waals surface area contributed by atoms with Crippen molar-refractivity contribution in [1.82, 2.24) is 0 Å². The zero-order chi connectivity index (χ0) is 12.3. The highest BCUT2D eigenvalue weighted by Gasteiger charge is 2.19. The van der Waals surface area contributed by atoms with Crippen molar-refractivity contribution in [2.24, 2.45) is 5.92 Å². The smallest absolute Gasteiger partial charge is 0.308 e. The van der Waals surface area contributed by atoms with Crippen LogP contribution in [-0.2, 0) is 4.79 Å². The lowest BCUT2D eigenvalue weighted by Crippen LogP contribution is -2.10. The molecule has 1 aromatic carbocycles. The normalized spacial score (nSPS) is 24.4. The van der Waals surface area contributed by atoms with Crippen molar-refractivity contribution in [2.45, 2.75) is 45.4 Å². The van der Waals surface area contributed by atoms with Crippen LogP contribution >= 0.6 is 0 Å². The maximum absolute atomic E-state index is 10.8. The molecule has 92 valence electrons. The average Bonchev–Trinajstić information content (AvgIpc) is 2.30. The van der Waals surface area contributed by atoms with Gasteiger partial charge in [-0.1, -0.05) is 31.9 Å². The van der Waals surface area contributed by atoms with Crippen molar-refractivity contribution in [1.29, 1.82) is 0 Å². The maximum Gasteiger partial charge on any atom is 0.308 e. The summed E-state index contributed by atoms with van der Waals surface area (Å²) < 4.78 is 5.03. The standard InChI is InChI=1S/C15H20O2/c1-11-3-5-13(6-4-11)14-7-9-15(10-8-14)17-12(2)16/h7-11,13H,3-6H2,1-2H3. The molecule has 2 rings (SSSR count). The number of rotatable bonds is 2. The molecule has 0 aliphatic heterocycles. The Morgan fingerprint density at radius 2 is 1.71 bits per heavy atom. The second-order valence-corrected chi connectivity index (χ2v) is 5.12. The lowest BCUT2D eigenvalue weighted by molar-refractivity contribution is -0.131. The summed E-state index contributed by atoms with van der Waals surface area (Å²) in [5.41, 5.74) is 1.38. The molecule has 17 heavy (non-hydrogen) atoms. The van der Waals surface area contributed by atoms with Gasteiger partial charge in [0.15, 0.2) is 0 Å². The first-order valence-electron chi connectivity index (χ1n) is 6.43. The zero-order valence-corrected chi connectivity index (χ0v) is 10.6. The van der Waals surface area contributed by atoms with E-state index in [1.54, 1.807) is 0 Å². The van der Waals surface area contributed by atoms with Crippen LogP contribution in [0, 0.1) is 5.92 Å². The Labute approximate surface area is 103 Å². The molecule has 0 amide bonds. The Hall–Kier alpha value is -1.31. The van der Waals surface area contributed by atoms with Crippen LogP contribution in [0.5, 0.6) is 5.75 Å². The van der Waals surface area contributed by atoms with Gasteiger partial charge in [-0.3, -0.25) is 4.79 Å². The van der Waals surface area contributed by atoms with Gasteiger partial charge in [-0.2, -0.15) is 0 Å². The molecule has 0 unspecified atom stereocenters. The Bertz CT molecular complexity index is 372. The highest BCUT2D eigenvalue weighted by atomic mass is 16.5. The minimum absolute atomic E-state index is 0.260. The van der Waals surface area contributed by atoms with E-state index in [1.807, 2.05) is 12.1 Å². The van der Waals surface area contributed by atoms with Crippen molar-refractivity contribution in [3.8, 4) is 5.75 Å². The summed E-state index contributed by atoms with van der Waals surface area (Å²) in [5, 5.41) is 0. The monoisotopic (exact) mass is 232 g/mol. The van der Waals surface area contributed by atoms with Gasteiger partial charge in [0.2, 0.25) is 0 Å². The largest absolute Gasteiger partial charge is 0.427 e. The van der Waals surface area contributed by atoms with E-state index < -0.39 is 0 Å². The molecule has 0 atom stereocenters. The third-order valence-electron chi connectivity index (χ3n) is 3.63. The van der Waals surface area contributed by atoms with Crippen LogP contribution in [0.25, 0.3) is 0 Å². The number of hydrogen-bond acceptors (Lipinski definition) is 2. The summed E-state index contributed by atoms with van der Waals surface area (Å²) in [6, 6.07) is 7.99. The Morgan fingerprint density at radius 1 is 1.12 bits per heavy atom. The van der Waals surface area contributed by atoms with Crippen LogP contribution in [0.2, 0.25) is 0 Å². The molecule has 1 aliphatic carbocycles. The van der Waals surface area contributed by atoms with Crippen LogP contribution in [0.3, 0.4) is 0 Å². The van der Waals surface area contributed by atoms with Gasteiger partial charge >= 0.3 is 5.97 Å². The van der Waals surface area contributed by atoms with Gasteiger partial charge in [0.05, 0.1) is 0 Å². The molecule has 0 heterocycles. The predicted molar refractivity (Wildman–Crippen MR) is 68.1 cm³/mol. The van der Waals surface area contributed by atoms with Crippen LogP contribution in [0.15, 0.2) is 24.3 Å². The van der Waals surface area contributed by atoms with Gasteiger partial charge in [0.25, 0.3) is 0 Å². The number of benzene rings is 1. The van der Waals surface area contributed by atoms with Crippen molar-refractivity contribution in [3.63, 3.8) is 0 Å². The fourth-order valence-corrected chi connectivity index (χ4v) is 2.57. The molecule has 1 aromatic rings. The van der Waals surface area contributed by atoms with E-state index in [0.717, 1.165) is 5.92 Å². The van der Waals surface area contributed by atoms with Gasteiger partial charge < -0.3 is 4.74 Å². The average molecular weight is 232 g/mol. The lowest BCUT2D eigenvalue weighted by atomic mass is 9.79. The second-order valence-electron chi connectivity index (χ2n) is 5.12. The summed E-state index contributed by atoms with van der Waals surface area (Å²) in [6.07, 6.45) is 5.23. The SMILES string of the molecule is CC(=O)Oc1ccc(C2CCC(C)CC2)cc1. The molecule has 0 spiro atoms. The van der Waals surface area contributed by atoms with Crippen LogP contribution in [0.4, 0.5) is 0 Å².